The van der Waals surface area contributed by atoms with Crippen molar-refractivity contribution in [3.8, 4) is 5.75 Å². The molecule has 0 spiro atoms. The number of hydrogen-bond donors (Lipinski definition) is 2. The minimum Gasteiger partial charge on any atom is -0.497 e. The highest BCUT2D eigenvalue weighted by atomic mass is 19.1. The summed E-state index contributed by atoms with van der Waals surface area (Å²) in [4.78, 5) is 11.7. The number of nitrogens with two attached hydrogens (primary N) is 1. The molecule has 110 valence electrons. The maximum Gasteiger partial charge on any atom is 0.244 e. The van der Waals surface area contributed by atoms with Crippen molar-refractivity contribution in [3.63, 3.8) is 0 Å². The molecule has 2 aromatic carbocycles. The van der Waals surface area contributed by atoms with E-state index in [0.717, 1.165) is 0 Å². The Morgan fingerprint density at radius 1 is 1.29 bits per heavy atom. The first kappa shape index (κ1) is 14.8. The summed E-state index contributed by atoms with van der Waals surface area (Å²) in [6.07, 6.45) is 0. The molecule has 1 amide bonds. The number of halogens is 1. The minimum atomic E-state index is -0.813. The van der Waals surface area contributed by atoms with Crippen molar-refractivity contribution in [1.82, 2.24) is 0 Å². The van der Waals surface area contributed by atoms with Crippen LogP contribution in [0.2, 0.25) is 0 Å². The fourth-order valence-electron chi connectivity index (χ4n) is 1.99. The van der Waals surface area contributed by atoms with Gasteiger partial charge in [-0.15, -0.1) is 0 Å². The van der Waals surface area contributed by atoms with Gasteiger partial charge in [-0.05, 0) is 36.2 Å². The van der Waals surface area contributed by atoms with E-state index in [1.807, 2.05) is 0 Å². The van der Waals surface area contributed by atoms with Crippen molar-refractivity contribution in [2.75, 3.05) is 12.4 Å². The molecule has 0 aliphatic carbocycles. The van der Waals surface area contributed by atoms with E-state index in [9.17, 15) is 9.18 Å². The van der Waals surface area contributed by atoms with Gasteiger partial charge in [0, 0.05) is 11.8 Å². The Morgan fingerprint density at radius 2 is 2.05 bits per heavy atom. The number of benzene rings is 2. The molecule has 1 unspecified atom stereocenters. The molecule has 1 atom stereocenters. The van der Waals surface area contributed by atoms with Gasteiger partial charge in [-0.2, -0.15) is 0 Å². The second-order valence-corrected chi connectivity index (χ2v) is 4.72. The molecule has 0 aliphatic rings. The molecule has 0 aliphatic heterocycles. The lowest BCUT2D eigenvalue weighted by Gasteiger charge is -2.18. The van der Waals surface area contributed by atoms with Gasteiger partial charge in [0.25, 0.3) is 0 Å². The van der Waals surface area contributed by atoms with Crippen molar-refractivity contribution in [3.05, 3.63) is 59.4 Å². The van der Waals surface area contributed by atoms with Gasteiger partial charge in [0.05, 0.1) is 7.11 Å². The van der Waals surface area contributed by atoms with Crippen molar-refractivity contribution < 1.29 is 13.9 Å². The summed E-state index contributed by atoms with van der Waals surface area (Å²) in [7, 11) is 1.56. The van der Waals surface area contributed by atoms with Crippen LogP contribution in [0.15, 0.2) is 42.5 Å². The van der Waals surface area contributed by atoms with Crippen molar-refractivity contribution >= 4 is 11.6 Å². The van der Waals surface area contributed by atoms with Crippen LogP contribution in [0, 0.1) is 12.7 Å². The van der Waals surface area contributed by atoms with Crippen LogP contribution in [0.25, 0.3) is 0 Å². The van der Waals surface area contributed by atoms with E-state index >= 15 is 0 Å². The second kappa shape index (κ2) is 6.26. The lowest BCUT2D eigenvalue weighted by Crippen LogP contribution is -2.27. The van der Waals surface area contributed by atoms with Crippen LogP contribution in [0.5, 0.6) is 5.75 Å². The third kappa shape index (κ3) is 3.51. The maximum absolute atomic E-state index is 13.7. The molecule has 5 heteroatoms. The van der Waals surface area contributed by atoms with Crippen LogP contribution in [0.1, 0.15) is 17.2 Å². The van der Waals surface area contributed by atoms with Gasteiger partial charge in [0.15, 0.2) is 0 Å². The highest BCUT2D eigenvalue weighted by molar-refractivity contribution is 5.84. The number of carbonyl (C=O) groups excluding carboxylic acids is 1. The summed E-state index contributed by atoms with van der Waals surface area (Å²) in [5, 5.41) is 2.99. The molecule has 21 heavy (non-hydrogen) atoms. The number of carbonyl (C=O) groups is 1. The second-order valence-electron chi connectivity index (χ2n) is 4.72. The van der Waals surface area contributed by atoms with Crippen molar-refractivity contribution in [1.29, 1.82) is 0 Å². The Balaban J connectivity index is 2.30. The number of methoxy groups -OCH3 is 1. The van der Waals surface area contributed by atoms with E-state index in [0.29, 0.717) is 22.6 Å². The molecular weight excluding hydrogens is 271 g/mol. The molecule has 2 aromatic rings. The summed E-state index contributed by atoms with van der Waals surface area (Å²) in [5.41, 5.74) is 7.08. The summed E-state index contributed by atoms with van der Waals surface area (Å²) in [6, 6.07) is 10.9. The van der Waals surface area contributed by atoms with E-state index in [4.69, 9.17) is 10.5 Å². The van der Waals surface area contributed by atoms with Crippen LogP contribution in [-0.4, -0.2) is 13.0 Å². The van der Waals surface area contributed by atoms with Gasteiger partial charge in [0.1, 0.15) is 17.6 Å². The van der Waals surface area contributed by atoms with Gasteiger partial charge in [0.2, 0.25) is 5.91 Å². The first-order valence-electron chi connectivity index (χ1n) is 6.47. The van der Waals surface area contributed by atoms with Crippen LogP contribution in [0.4, 0.5) is 10.1 Å². The number of hydrogen-bond acceptors (Lipinski definition) is 3. The number of anilines is 1. The first-order valence-corrected chi connectivity index (χ1v) is 6.47. The lowest BCUT2D eigenvalue weighted by atomic mass is 10.0. The van der Waals surface area contributed by atoms with Gasteiger partial charge >= 0.3 is 0 Å². The number of aryl methyl sites for hydroxylation is 1. The SMILES string of the molecule is COc1cccc(NC(C(N)=O)c2ccc(C)c(F)c2)c1. The fraction of sp³-hybridized carbons (Fsp3) is 0.188. The maximum atomic E-state index is 13.7. The predicted octanol–water partition coefficient (Wildman–Crippen LogP) is 2.78. The predicted molar refractivity (Wildman–Crippen MR) is 79.7 cm³/mol. The minimum absolute atomic E-state index is 0.369. The van der Waals surface area contributed by atoms with E-state index in [-0.39, 0.29) is 5.82 Å². The molecule has 0 aromatic heterocycles. The average molecular weight is 288 g/mol. The van der Waals surface area contributed by atoms with Crippen molar-refractivity contribution in [2.24, 2.45) is 5.73 Å². The Morgan fingerprint density at radius 3 is 2.67 bits per heavy atom. The molecular formula is C16H17FN2O2. The zero-order chi connectivity index (χ0) is 15.4. The largest absolute Gasteiger partial charge is 0.497 e. The van der Waals surface area contributed by atoms with Gasteiger partial charge in [-0.3, -0.25) is 4.79 Å². The summed E-state index contributed by atoms with van der Waals surface area (Å²) < 4.78 is 18.8. The summed E-state index contributed by atoms with van der Waals surface area (Å²) >= 11 is 0. The number of nitrogens with one attached hydrogen (secondary N) is 1. The van der Waals surface area contributed by atoms with Crippen LogP contribution >= 0.6 is 0 Å². The average Bonchev–Trinajstić information content (AvgIpc) is 2.47. The lowest BCUT2D eigenvalue weighted by molar-refractivity contribution is -0.118. The Bertz CT molecular complexity index is 658. The number of rotatable bonds is 5. The van der Waals surface area contributed by atoms with E-state index in [1.54, 1.807) is 50.4 Å². The summed E-state index contributed by atoms with van der Waals surface area (Å²) in [6.45, 7) is 1.66. The molecule has 0 fully saturated rings. The Hall–Kier alpha value is -2.56. The molecule has 0 saturated carbocycles. The highest BCUT2D eigenvalue weighted by Crippen LogP contribution is 2.24. The molecule has 0 bridgehead atoms. The van der Waals surface area contributed by atoms with Gasteiger partial charge < -0.3 is 15.8 Å². The Labute approximate surface area is 122 Å². The fourth-order valence-corrected chi connectivity index (χ4v) is 1.99. The molecule has 3 N–H and O–H groups in total. The molecule has 0 radical (unpaired) electrons. The Kier molecular flexibility index (Phi) is 4.42. The molecule has 0 heterocycles. The van der Waals surface area contributed by atoms with E-state index < -0.39 is 11.9 Å². The summed E-state index contributed by atoms with van der Waals surface area (Å²) in [5.74, 6) is -0.300. The van der Waals surface area contributed by atoms with Crippen LogP contribution in [-0.2, 0) is 4.79 Å². The number of amides is 1. The van der Waals surface area contributed by atoms with Gasteiger partial charge in [-0.1, -0.05) is 18.2 Å². The molecule has 0 saturated heterocycles. The standard InChI is InChI=1S/C16H17FN2O2/c1-10-6-7-11(8-14(10)17)15(16(18)20)19-12-4-3-5-13(9-12)21-2/h3-9,15,19H,1-2H3,(H2,18,20). The smallest absolute Gasteiger partial charge is 0.244 e. The quantitative estimate of drug-likeness (QED) is 0.889. The highest BCUT2D eigenvalue weighted by Gasteiger charge is 2.18. The normalized spacial score (nSPS) is 11.8. The topological polar surface area (TPSA) is 64.3 Å². The third-order valence-corrected chi connectivity index (χ3v) is 3.19. The zero-order valence-electron chi connectivity index (χ0n) is 11.9. The monoisotopic (exact) mass is 288 g/mol. The van der Waals surface area contributed by atoms with Crippen LogP contribution < -0.4 is 15.8 Å². The van der Waals surface area contributed by atoms with Crippen LogP contribution in [0.3, 0.4) is 0 Å². The molecule has 2 rings (SSSR count). The van der Waals surface area contributed by atoms with Crippen molar-refractivity contribution in [2.45, 2.75) is 13.0 Å². The number of primary amides is 1. The first-order chi connectivity index (χ1) is 10.0. The van der Waals surface area contributed by atoms with E-state index in [1.165, 1.54) is 6.07 Å². The molecule has 4 nitrogen and oxygen atoms in total. The third-order valence-electron chi connectivity index (χ3n) is 3.19. The van der Waals surface area contributed by atoms with Gasteiger partial charge in [-0.25, -0.2) is 4.39 Å². The number of ether oxygens (including phenoxy) is 1. The zero-order valence-corrected chi connectivity index (χ0v) is 11.9. The van der Waals surface area contributed by atoms with E-state index in [2.05, 4.69) is 5.32 Å².